The Bertz CT molecular complexity index is 489. The minimum absolute atomic E-state index is 0.663. The van der Waals surface area contributed by atoms with Gasteiger partial charge in [0.2, 0.25) is 0 Å². The predicted molar refractivity (Wildman–Crippen MR) is 60.3 cm³/mol. The molecule has 0 spiro atoms. The van der Waals surface area contributed by atoms with E-state index in [2.05, 4.69) is 10.3 Å². The quantitative estimate of drug-likeness (QED) is 0.584. The van der Waals surface area contributed by atoms with Crippen LogP contribution in [0, 0.1) is 6.92 Å². The number of benzene rings is 1. The van der Waals surface area contributed by atoms with Gasteiger partial charge in [0, 0.05) is 11.6 Å². The molecular weight excluding hydrogens is 204 g/mol. The largest absolute Gasteiger partial charge is 0.399 e. The van der Waals surface area contributed by atoms with E-state index in [9.17, 15) is 0 Å². The summed E-state index contributed by atoms with van der Waals surface area (Å²) >= 11 is 0. The molecule has 0 unspecified atom stereocenters. The minimum Gasteiger partial charge on any atom is -0.399 e. The Morgan fingerprint density at radius 3 is 2.75 bits per heavy atom. The Morgan fingerprint density at radius 1 is 1.31 bits per heavy atom. The van der Waals surface area contributed by atoms with Gasteiger partial charge < -0.3 is 9.36 Å². The minimum atomic E-state index is 0.663. The molecule has 0 saturated heterocycles. The first kappa shape index (κ1) is 10.4. The third-order valence-electron chi connectivity index (χ3n) is 2.26. The molecule has 0 radical (unpaired) electrons. The second-order valence-electron chi connectivity index (χ2n) is 3.32. The summed E-state index contributed by atoms with van der Waals surface area (Å²) in [6.45, 7) is 2.01. The molecule has 1 aromatic carbocycles. The third-order valence-corrected chi connectivity index (χ3v) is 2.26. The van der Waals surface area contributed by atoms with E-state index < -0.39 is 0 Å². The normalized spacial score (nSPS) is 11.5. The Balaban J connectivity index is 2.50. The highest BCUT2D eigenvalue weighted by atomic mass is 16.6. The van der Waals surface area contributed by atoms with Crippen molar-refractivity contribution in [3.8, 4) is 0 Å². The summed E-state index contributed by atoms with van der Waals surface area (Å²) in [4.78, 5) is 4.84. The Kier molecular flexibility index (Phi) is 3.00. The molecule has 0 amide bonds. The smallest absolute Gasteiger partial charge is 0.139 e. The van der Waals surface area contributed by atoms with Gasteiger partial charge in [-0.1, -0.05) is 34.6 Å². The van der Waals surface area contributed by atoms with Crippen molar-refractivity contribution in [1.82, 2.24) is 5.16 Å². The lowest BCUT2D eigenvalue weighted by Gasteiger charge is -2.05. The average Bonchev–Trinajstić information content (AvgIpc) is 2.80. The molecule has 0 aliphatic rings. The van der Waals surface area contributed by atoms with Gasteiger partial charge >= 0.3 is 0 Å². The Labute approximate surface area is 93.5 Å². The Morgan fingerprint density at radius 2 is 2.12 bits per heavy atom. The number of aromatic nitrogens is 1. The van der Waals surface area contributed by atoms with Gasteiger partial charge in [-0.15, -0.1) is 0 Å². The van der Waals surface area contributed by atoms with Gasteiger partial charge in [0.05, 0.1) is 0 Å². The van der Waals surface area contributed by atoms with E-state index in [1.54, 1.807) is 6.07 Å². The molecule has 2 aromatic rings. The van der Waals surface area contributed by atoms with Gasteiger partial charge in [-0.05, 0) is 12.5 Å². The van der Waals surface area contributed by atoms with Crippen molar-refractivity contribution in [2.75, 3.05) is 7.11 Å². The van der Waals surface area contributed by atoms with Gasteiger partial charge in [0.15, 0.2) is 0 Å². The molecule has 4 heteroatoms. The van der Waals surface area contributed by atoms with Crippen LogP contribution >= 0.6 is 0 Å². The predicted octanol–water partition coefficient (Wildman–Crippen LogP) is 2.38. The molecular formula is C12H12N2O2. The van der Waals surface area contributed by atoms with Crippen LogP contribution in [0.2, 0.25) is 0 Å². The fourth-order valence-electron chi connectivity index (χ4n) is 1.50. The van der Waals surface area contributed by atoms with Crippen molar-refractivity contribution in [3.63, 3.8) is 0 Å². The topological polar surface area (TPSA) is 47.6 Å². The molecule has 0 aliphatic heterocycles. The van der Waals surface area contributed by atoms with Gasteiger partial charge in [0.1, 0.15) is 24.8 Å². The van der Waals surface area contributed by atoms with E-state index in [0.717, 1.165) is 11.1 Å². The van der Waals surface area contributed by atoms with Crippen molar-refractivity contribution in [1.29, 1.82) is 0 Å². The summed E-state index contributed by atoms with van der Waals surface area (Å²) in [5.41, 5.74) is 3.44. The molecule has 0 aliphatic carbocycles. The van der Waals surface area contributed by atoms with Crippen LogP contribution in [0.1, 0.15) is 16.8 Å². The number of nitrogens with zero attached hydrogens (tertiary/aromatic N) is 2. The van der Waals surface area contributed by atoms with Crippen LogP contribution < -0.4 is 0 Å². The zero-order valence-corrected chi connectivity index (χ0v) is 9.18. The third kappa shape index (κ3) is 1.95. The first-order valence-electron chi connectivity index (χ1n) is 4.91. The van der Waals surface area contributed by atoms with Crippen molar-refractivity contribution in [2.45, 2.75) is 6.92 Å². The molecule has 0 N–H and O–H groups in total. The molecule has 0 fully saturated rings. The molecule has 0 bridgehead atoms. The first-order chi connectivity index (χ1) is 7.83. The molecule has 82 valence electrons. The average molecular weight is 216 g/mol. The highest BCUT2D eigenvalue weighted by Gasteiger charge is 2.12. The summed E-state index contributed by atoms with van der Waals surface area (Å²) in [6.07, 6.45) is 1.51. The van der Waals surface area contributed by atoms with Gasteiger partial charge in [-0.25, -0.2) is 0 Å². The fourth-order valence-corrected chi connectivity index (χ4v) is 1.50. The number of rotatable bonds is 3. The molecule has 1 heterocycles. The van der Waals surface area contributed by atoms with E-state index >= 15 is 0 Å². The van der Waals surface area contributed by atoms with Crippen LogP contribution in [-0.4, -0.2) is 18.0 Å². The summed E-state index contributed by atoms with van der Waals surface area (Å²) in [5.74, 6) is 0. The maximum atomic E-state index is 4.84. The van der Waals surface area contributed by atoms with Gasteiger partial charge in [-0.2, -0.15) is 0 Å². The molecule has 1 aromatic heterocycles. The maximum Gasteiger partial charge on any atom is 0.139 e. The maximum absolute atomic E-state index is 4.84. The number of oxime groups is 1. The molecule has 0 atom stereocenters. The second kappa shape index (κ2) is 4.61. The highest BCUT2D eigenvalue weighted by molar-refractivity contribution is 6.12. The van der Waals surface area contributed by atoms with E-state index in [4.69, 9.17) is 9.36 Å². The fraction of sp³-hybridized carbons (Fsp3) is 0.167. The van der Waals surface area contributed by atoms with Crippen molar-refractivity contribution < 1.29 is 9.36 Å². The van der Waals surface area contributed by atoms with Crippen LogP contribution in [0.15, 0.2) is 46.3 Å². The van der Waals surface area contributed by atoms with Crippen molar-refractivity contribution in [3.05, 3.63) is 53.4 Å². The summed E-state index contributed by atoms with van der Waals surface area (Å²) in [5, 5.41) is 7.86. The van der Waals surface area contributed by atoms with E-state index in [1.807, 2.05) is 31.2 Å². The van der Waals surface area contributed by atoms with Crippen LogP contribution in [0.4, 0.5) is 0 Å². The first-order valence-corrected chi connectivity index (χ1v) is 4.91. The van der Waals surface area contributed by atoms with Gasteiger partial charge in [0.25, 0.3) is 0 Å². The highest BCUT2D eigenvalue weighted by Crippen LogP contribution is 2.13. The molecule has 0 saturated carbocycles. The number of aryl methyl sites for hydroxylation is 1. The summed E-state index contributed by atoms with van der Waals surface area (Å²) in [6, 6.07) is 9.67. The monoisotopic (exact) mass is 216 g/mol. The lowest BCUT2D eigenvalue weighted by Crippen LogP contribution is -2.06. The van der Waals surface area contributed by atoms with Crippen LogP contribution in [0.25, 0.3) is 0 Å². The SMILES string of the molecule is CON=C(c1ccon1)c1ccccc1C. The van der Waals surface area contributed by atoms with E-state index in [1.165, 1.54) is 13.4 Å². The molecule has 4 nitrogen and oxygen atoms in total. The van der Waals surface area contributed by atoms with E-state index in [0.29, 0.717) is 11.4 Å². The summed E-state index contributed by atoms with van der Waals surface area (Å²) in [7, 11) is 1.51. The zero-order chi connectivity index (χ0) is 11.4. The van der Waals surface area contributed by atoms with E-state index in [-0.39, 0.29) is 0 Å². The summed E-state index contributed by atoms with van der Waals surface area (Å²) < 4.78 is 4.82. The number of hydrogen-bond acceptors (Lipinski definition) is 4. The molecule has 2 rings (SSSR count). The zero-order valence-electron chi connectivity index (χ0n) is 9.18. The van der Waals surface area contributed by atoms with Crippen LogP contribution in [0.3, 0.4) is 0 Å². The van der Waals surface area contributed by atoms with Gasteiger partial charge in [-0.3, -0.25) is 0 Å². The standard InChI is InChI=1S/C12H12N2O2/c1-9-5-3-4-6-10(9)12(14-15-2)11-7-8-16-13-11/h3-8H,1-2H3. The lowest BCUT2D eigenvalue weighted by molar-refractivity contribution is 0.213. The number of hydrogen-bond donors (Lipinski definition) is 0. The molecule has 16 heavy (non-hydrogen) atoms. The van der Waals surface area contributed by atoms with Crippen LogP contribution in [0.5, 0.6) is 0 Å². The van der Waals surface area contributed by atoms with Crippen molar-refractivity contribution in [2.24, 2.45) is 5.16 Å². The van der Waals surface area contributed by atoms with Crippen molar-refractivity contribution >= 4 is 5.71 Å². The lowest BCUT2D eigenvalue weighted by atomic mass is 10.0. The Hall–Kier alpha value is -2.10. The second-order valence-corrected chi connectivity index (χ2v) is 3.32. The van der Waals surface area contributed by atoms with Crippen LogP contribution in [-0.2, 0) is 4.84 Å².